The van der Waals surface area contributed by atoms with Gasteiger partial charge >= 0.3 is 0 Å². The summed E-state index contributed by atoms with van der Waals surface area (Å²) in [6.07, 6.45) is 5.42. The van der Waals surface area contributed by atoms with Crippen molar-refractivity contribution < 1.29 is 4.74 Å². The van der Waals surface area contributed by atoms with Gasteiger partial charge in [-0.15, -0.1) is 0 Å². The fraction of sp³-hybridized carbons (Fsp3) is 0.647. The van der Waals surface area contributed by atoms with Gasteiger partial charge in [-0.25, -0.2) is 0 Å². The molecule has 1 saturated carbocycles. The smallest absolute Gasteiger partial charge is 0.122 e. The van der Waals surface area contributed by atoms with E-state index in [9.17, 15) is 0 Å². The van der Waals surface area contributed by atoms with Crippen LogP contribution < -0.4 is 10.1 Å². The number of nitrogens with one attached hydrogen (secondary N) is 1. The molecule has 2 rings (SSSR count). The summed E-state index contributed by atoms with van der Waals surface area (Å²) in [5, 5.41) is 3.63. The van der Waals surface area contributed by atoms with Crippen molar-refractivity contribution in [3.8, 4) is 5.75 Å². The predicted octanol–water partition coefficient (Wildman–Crippen LogP) is 3.85. The van der Waals surface area contributed by atoms with Crippen molar-refractivity contribution in [1.29, 1.82) is 0 Å². The highest BCUT2D eigenvalue weighted by molar-refractivity contribution is 5.35. The van der Waals surface area contributed by atoms with Gasteiger partial charge in [-0.05, 0) is 49.8 Å². The van der Waals surface area contributed by atoms with Crippen LogP contribution in [0.15, 0.2) is 18.2 Å². The third kappa shape index (κ3) is 4.54. The second-order valence-corrected chi connectivity index (χ2v) is 6.04. The van der Waals surface area contributed by atoms with Gasteiger partial charge in [0.2, 0.25) is 0 Å². The van der Waals surface area contributed by atoms with Gasteiger partial charge < -0.3 is 10.1 Å². The molecule has 0 spiro atoms. The lowest BCUT2D eigenvalue weighted by Gasteiger charge is -2.27. The van der Waals surface area contributed by atoms with Crippen LogP contribution in [0.3, 0.4) is 0 Å². The van der Waals surface area contributed by atoms with Crippen LogP contribution in [0.2, 0.25) is 0 Å². The summed E-state index contributed by atoms with van der Waals surface area (Å²) in [6.45, 7) is 8.28. The fourth-order valence-electron chi connectivity index (χ4n) is 2.91. The molecule has 0 aliphatic heterocycles. The van der Waals surface area contributed by atoms with Crippen LogP contribution >= 0.6 is 0 Å². The van der Waals surface area contributed by atoms with Gasteiger partial charge in [0.1, 0.15) is 12.4 Å². The highest BCUT2D eigenvalue weighted by Gasteiger charge is 2.17. The molecule has 0 radical (unpaired) electrons. The summed E-state index contributed by atoms with van der Waals surface area (Å²) < 4.78 is 5.87. The first-order valence-electron chi connectivity index (χ1n) is 7.58. The Labute approximate surface area is 117 Å². The van der Waals surface area contributed by atoms with Gasteiger partial charge in [0.15, 0.2) is 0 Å². The Morgan fingerprint density at radius 1 is 1.26 bits per heavy atom. The van der Waals surface area contributed by atoms with Crippen LogP contribution in [-0.2, 0) is 0 Å². The predicted molar refractivity (Wildman–Crippen MR) is 80.8 cm³/mol. The molecular formula is C17H27NO. The normalized spacial score (nSPS) is 23.3. The number of benzene rings is 1. The molecule has 1 fully saturated rings. The van der Waals surface area contributed by atoms with E-state index in [4.69, 9.17) is 4.74 Å². The maximum absolute atomic E-state index is 5.87. The first-order chi connectivity index (χ1) is 9.15. The molecule has 0 heterocycles. The zero-order chi connectivity index (χ0) is 13.7. The first-order valence-corrected chi connectivity index (χ1v) is 7.58. The third-order valence-corrected chi connectivity index (χ3v) is 4.07. The van der Waals surface area contributed by atoms with Crippen LogP contribution in [0.25, 0.3) is 0 Å². The van der Waals surface area contributed by atoms with Crippen LogP contribution in [0.1, 0.15) is 43.7 Å². The summed E-state index contributed by atoms with van der Waals surface area (Å²) in [6, 6.07) is 7.08. The highest BCUT2D eigenvalue weighted by Crippen LogP contribution is 2.23. The number of hydrogen-bond donors (Lipinski definition) is 1. The van der Waals surface area contributed by atoms with Crippen molar-refractivity contribution in [2.24, 2.45) is 5.92 Å². The molecule has 0 bridgehead atoms. The van der Waals surface area contributed by atoms with Crippen molar-refractivity contribution in [3.05, 3.63) is 29.3 Å². The Balaban J connectivity index is 1.70. The van der Waals surface area contributed by atoms with Gasteiger partial charge in [-0.3, -0.25) is 0 Å². The number of ether oxygens (including phenoxy) is 1. The number of rotatable bonds is 5. The molecule has 0 amide bonds. The quantitative estimate of drug-likeness (QED) is 0.813. The monoisotopic (exact) mass is 261 g/mol. The standard InChI is InChI=1S/C17H27NO/c1-13-5-4-6-16(11-13)18-9-10-19-17-12-14(2)7-8-15(17)3/h7-8,12-13,16,18H,4-6,9-11H2,1-3H3. The molecule has 1 N–H and O–H groups in total. The van der Waals surface area contributed by atoms with Crippen molar-refractivity contribution in [2.45, 2.75) is 52.5 Å². The summed E-state index contributed by atoms with van der Waals surface area (Å²) >= 11 is 0. The van der Waals surface area contributed by atoms with E-state index in [2.05, 4.69) is 44.3 Å². The minimum atomic E-state index is 0.700. The van der Waals surface area contributed by atoms with Crippen molar-refractivity contribution in [2.75, 3.05) is 13.2 Å². The third-order valence-electron chi connectivity index (χ3n) is 4.07. The van der Waals surface area contributed by atoms with Gasteiger partial charge in [0, 0.05) is 12.6 Å². The minimum Gasteiger partial charge on any atom is -0.492 e. The van der Waals surface area contributed by atoms with E-state index < -0.39 is 0 Å². The maximum atomic E-state index is 5.87. The molecule has 0 saturated heterocycles. The Kier molecular flexibility index (Phi) is 5.26. The molecule has 106 valence electrons. The van der Waals surface area contributed by atoms with Crippen LogP contribution in [-0.4, -0.2) is 19.2 Å². The molecule has 2 atom stereocenters. The van der Waals surface area contributed by atoms with Gasteiger partial charge in [-0.2, -0.15) is 0 Å². The second-order valence-electron chi connectivity index (χ2n) is 6.04. The van der Waals surface area contributed by atoms with E-state index in [1.165, 1.54) is 36.8 Å². The molecule has 2 nitrogen and oxygen atoms in total. The lowest BCUT2D eigenvalue weighted by Crippen LogP contribution is -2.36. The van der Waals surface area contributed by atoms with Crippen molar-refractivity contribution in [1.82, 2.24) is 5.32 Å². The van der Waals surface area contributed by atoms with Crippen molar-refractivity contribution in [3.63, 3.8) is 0 Å². The zero-order valence-electron chi connectivity index (χ0n) is 12.5. The summed E-state index contributed by atoms with van der Waals surface area (Å²) in [5.74, 6) is 1.91. The highest BCUT2D eigenvalue weighted by atomic mass is 16.5. The largest absolute Gasteiger partial charge is 0.492 e. The van der Waals surface area contributed by atoms with Crippen LogP contribution in [0.4, 0.5) is 0 Å². The lowest BCUT2D eigenvalue weighted by molar-refractivity contribution is 0.265. The Morgan fingerprint density at radius 2 is 2.11 bits per heavy atom. The summed E-state index contributed by atoms with van der Waals surface area (Å²) in [5.41, 5.74) is 2.48. The van der Waals surface area contributed by atoms with E-state index in [-0.39, 0.29) is 0 Å². The molecule has 1 aromatic rings. The average Bonchev–Trinajstić information content (AvgIpc) is 2.39. The van der Waals surface area contributed by atoms with E-state index in [1.807, 2.05) is 0 Å². The maximum Gasteiger partial charge on any atom is 0.122 e. The molecule has 1 aliphatic rings. The zero-order valence-corrected chi connectivity index (χ0v) is 12.5. The SMILES string of the molecule is Cc1ccc(C)c(OCCNC2CCCC(C)C2)c1. The van der Waals surface area contributed by atoms with Gasteiger partial charge in [-0.1, -0.05) is 31.9 Å². The Hall–Kier alpha value is -1.02. The summed E-state index contributed by atoms with van der Waals surface area (Å²) in [7, 11) is 0. The van der Waals surface area contributed by atoms with Gasteiger partial charge in [0.05, 0.1) is 0 Å². The molecule has 1 aromatic carbocycles. The molecule has 19 heavy (non-hydrogen) atoms. The topological polar surface area (TPSA) is 21.3 Å². The fourth-order valence-corrected chi connectivity index (χ4v) is 2.91. The Morgan fingerprint density at radius 3 is 2.89 bits per heavy atom. The van der Waals surface area contributed by atoms with Crippen molar-refractivity contribution >= 4 is 0 Å². The van der Waals surface area contributed by atoms with Gasteiger partial charge in [0.25, 0.3) is 0 Å². The van der Waals surface area contributed by atoms with E-state index in [1.54, 1.807) is 0 Å². The molecule has 2 unspecified atom stereocenters. The summed E-state index contributed by atoms with van der Waals surface area (Å²) in [4.78, 5) is 0. The Bertz CT molecular complexity index is 402. The average molecular weight is 261 g/mol. The minimum absolute atomic E-state index is 0.700. The molecule has 1 aliphatic carbocycles. The van der Waals surface area contributed by atoms with Crippen LogP contribution in [0, 0.1) is 19.8 Å². The molecule has 0 aromatic heterocycles. The second kappa shape index (κ2) is 6.95. The van der Waals surface area contributed by atoms with Crippen LogP contribution in [0.5, 0.6) is 5.75 Å². The van der Waals surface area contributed by atoms with E-state index >= 15 is 0 Å². The first kappa shape index (κ1) is 14.4. The van der Waals surface area contributed by atoms with E-state index in [0.29, 0.717) is 6.04 Å². The molecule has 2 heteroatoms. The van der Waals surface area contributed by atoms with E-state index in [0.717, 1.165) is 24.8 Å². The number of hydrogen-bond acceptors (Lipinski definition) is 2. The number of aryl methyl sites for hydroxylation is 2. The lowest BCUT2D eigenvalue weighted by atomic mass is 9.87. The molecular weight excluding hydrogens is 234 g/mol.